The number of rotatable bonds is 4. The number of halogens is 2. The van der Waals surface area contributed by atoms with Crippen molar-refractivity contribution in [3.8, 4) is 0 Å². The number of carbonyl (C=O) groups excluding carboxylic acids is 1. The number of ether oxygens (including phenoxy) is 1. The maximum absolute atomic E-state index is 10.4. The average Bonchev–Trinajstić information content (AvgIpc) is 1.87. The third-order valence-electron chi connectivity index (χ3n) is 0.702. The molecular formula is C5H7Cl2O2Si. The van der Waals surface area contributed by atoms with Crippen LogP contribution in [-0.4, -0.2) is 20.0 Å². The molecule has 10 heavy (non-hydrogen) atoms. The van der Waals surface area contributed by atoms with E-state index in [9.17, 15) is 4.79 Å². The van der Waals surface area contributed by atoms with Gasteiger partial charge in [0.05, 0.1) is 6.61 Å². The van der Waals surface area contributed by atoms with Gasteiger partial charge in [0.1, 0.15) is 0 Å². The minimum Gasteiger partial charge on any atom is -0.463 e. The van der Waals surface area contributed by atoms with Crippen LogP contribution >= 0.6 is 22.2 Å². The molecule has 57 valence electrons. The predicted molar refractivity (Wildman–Crippen MR) is 43.4 cm³/mol. The minimum absolute atomic E-state index is 0.284. The van der Waals surface area contributed by atoms with Crippen LogP contribution in [0.15, 0.2) is 12.7 Å². The maximum atomic E-state index is 10.4. The molecule has 0 spiro atoms. The van der Waals surface area contributed by atoms with E-state index in [1.807, 2.05) is 0 Å². The lowest BCUT2D eigenvalue weighted by Crippen LogP contribution is -2.05. The van der Waals surface area contributed by atoms with E-state index in [0.29, 0.717) is 6.04 Å². The molecule has 0 aliphatic carbocycles. The first kappa shape index (κ1) is 10.0. The molecule has 1 radical (unpaired) electrons. The van der Waals surface area contributed by atoms with E-state index in [-0.39, 0.29) is 6.61 Å². The lowest BCUT2D eigenvalue weighted by Gasteiger charge is -1.98. The van der Waals surface area contributed by atoms with Crippen molar-refractivity contribution >= 4 is 35.5 Å². The standard InChI is InChI=1S/C5H7Cl2O2Si/c1-2-5(8)9-3-4-10(6)7/h2H,1,3-4H2. The Morgan fingerprint density at radius 2 is 2.30 bits per heavy atom. The van der Waals surface area contributed by atoms with Crippen LogP contribution in [0.2, 0.25) is 6.04 Å². The molecular weight excluding hydrogens is 191 g/mol. The first-order chi connectivity index (χ1) is 4.66. The molecule has 0 aliphatic rings. The van der Waals surface area contributed by atoms with Crippen LogP contribution in [0.5, 0.6) is 0 Å². The second kappa shape index (κ2) is 5.77. The highest BCUT2D eigenvalue weighted by Crippen LogP contribution is 2.02. The van der Waals surface area contributed by atoms with E-state index in [1.54, 1.807) is 0 Å². The summed E-state index contributed by atoms with van der Waals surface area (Å²) in [5, 5.41) is 0. The smallest absolute Gasteiger partial charge is 0.330 e. The summed E-state index contributed by atoms with van der Waals surface area (Å²) in [6, 6.07) is 0.549. The third-order valence-corrected chi connectivity index (χ3v) is 2.42. The van der Waals surface area contributed by atoms with Gasteiger partial charge in [-0.1, -0.05) is 6.58 Å². The number of carbonyl (C=O) groups is 1. The molecule has 0 aromatic rings. The largest absolute Gasteiger partial charge is 0.463 e. The van der Waals surface area contributed by atoms with Gasteiger partial charge in [-0.05, 0) is 0 Å². The molecule has 0 saturated carbocycles. The van der Waals surface area contributed by atoms with Crippen LogP contribution in [0.25, 0.3) is 0 Å². The predicted octanol–water partition coefficient (Wildman–Crippen LogP) is 1.68. The van der Waals surface area contributed by atoms with Crippen LogP contribution in [0, 0.1) is 0 Å². The maximum Gasteiger partial charge on any atom is 0.330 e. The van der Waals surface area contributed by atoms with Crippen LogP contribution in [-0.2, 0) is 9.53 Å². The van der Waals surface area contributed by atoms with Gasteiger partial charge in [-0.25, -0.2) is 4.79 Å². The summed E-state index contributed by atoms with van der Waals surface area (Å²) >= 11 is 10.9. The third kappa shape index (κ3) is 6.13. The molecule has 0 heterocycles. The molecule has 0 bridgehead atoms. The van der Waals surface area contributed by atoms with Gasteiger partial charge in [0, 0.05) is 12.1 Å². The van der Waals surface area contributed by atoms with Gasteiger partial charge >= 0.3 is 5.97 Å². The minimum atomic E-state index is -1.31. The van der Waals surface area contributed by atoms with Crippen molar-refractivity contribution < 1.29 is 9.53 Å². The van der Waals surface area contributed by atoms with E-state index in [4.69, 9.17) is 22.2 Å². The SMILES string of the molecule is C=CC(=O)OCC[Si](Cl)Cl. The van der Waals surface area contributed by atoms with Crippen molar-refractivity contribution in [1.82, 2.24) is 0 Å². The number of esters is 1. The normalized spacial score (nSPS) is 9.50. The molecule has 0 fully saturated rings. The van der Waals surface area contributed by atoms with Crippen molar-refractivity contribution in [3.05, 3.63) is 12.7 Å². The van der Waals surface area contributed by atoms with Gasteiger partial charge < -0.3 is 4.74 Å². The molecule has 2 nitrogen and oxygen atoms in total. The Labute approximate surface area is 70.8 Å². The van der Waals surface area contributed by atoms with Crippen LogP contribution in [0.4, 0.5) is 0 Å². The fraction of sp³-hybridized carbons (Fsp3) is 0.400. The quantitative estimate of drug-likeness (QED) is 0.297. The first-order valence-corrected chi connectivity index (χ1v) is 6.36. The van der Waals surface area contributed by atoms with Crippen molar-refractivity contribution in [2.75, 3.05) is 6.61 Å². The summed E-state index contributed by atoms with van der Waals surface area (Å²) in [6.07, 6.45) is 1.11. The second-order valence-corrected chi connectivity index (χ2v) is 5.96. The van der Waals surface area contributed by atoms with E-state index in [0.717, 1.165) is 6.08 Å². The van der Waals surface area contributed by atoms with E-state index in [2.05, 4.69) is 11.3 Å². The monoisotopic (exact) mass is 197 g/mol. The van der Waals surface area contributed by atoms with Gasteiger partial charge in [-0.15, -0.1) is 22.2 Å². The highest BCUT2D eigenvalue weighted by Gasteiger charge is 2.03. The lowest BCUT2D eigenvalue weighted by molar-refractivity contribution is -0.137. The van der Waals surface area contributed by atoms with Crippen molar-refractivity contribution in [2.24, 2.45) is 0 Å². The lowest BCUT2D eigenvalue weighted by atomic mass is 10.6. The Hall–Kier alpha value is 0.00688. The molecule has 0 amide bonds. The topological polar surface area (TPSA) is 26.3 Å². The van der Waals surface area contributed by atoms with Gasteiger partial charge in [0.15, 0.2) is 0 Å². The highest BCUT2D eigenvalue weighted by molar-refractivity contribution is 7.33. The Morgan fingerprint density at radius 1 is 1.70 bits per heavy atom. The zero-order valence-corrected chi connectivity index (χ0v) is 7.78. The van der Waals surface area contributed by atoms with E-state index in [1.165, 1.54) is 0 Å². The summed E-state index contributed by atoms with van der Waals surface area (Å²) in [5.74, 6) is -0.434. The molecule has 0 rings (SSSR count). The van der Waals surface area contributed by atoms with Crippen molar-refractivity contribution in [1.29, 1.82) is 0 Å². The first-order valence-electron chi connectivity index (χ1n) is 2.63. The summed E-state index contributed by atoms with van der Waals surface area (Å²) in [5.41, 5.74) is 0. The molecule has 0 aliphatic heterocycles. The summed E-state index contributed by atoms with van der Waals surface area (Å²) < 4.78 is 4.60. The molecule has 0 atom stereocenters. The van der Waals surface area contributed by atoms with Crippen LogP contribution in [0.1, 0.15) is 0 Å². The summed E-state index contributed by atoms with van der Waals surface area (Å²) in [4.78, 5) is 10.4. The van der Waals surface area contributed by atoms with Gasteiger partial charge in [-0.3, -0.25) is 0 Å². The van der Waals surface area contributed by atoms with E-state index < -0.39 is 13.4 Å². The molecule has 5 heteroatoms. The summed E-state index contributed by atoms with van der Waals surface area (Å²) in [7, 11) is -1.31. The Morgan fingerprint density at radius 3 is 2.70 bits per heavy atom. The zero-order valence-electron chi connectivity index (χ0n) is 5.27. The van der Waals surface area contributed by atoms with Crippen LogP contribution in [0.3, 0.4) is 0 Å². The highest BCUT2D eigenvalue weighted by atomic mass is 35.7. The molecule has 0 aromatic carbocycles. The van der Waals surface area contributed by atoms with Crippen LogP contribution < -0.4 is 0 Å². The van der Waals surface area contributed by atoms with Gasteiger partial charge in [0.2, 0.25) is 0 Å². The number of hydrogen-bond acceptors (Lipinski definition) is 2. The Bertz CT molecular complexity index is 127. The molecule has 0 aromatic heterocycles. The average molecular weight is 198 g/mol. The molecule has 0 N–H and O–H groups in total. The zero-order chi connectivity index (χ0) is 7.98. The van der Waals surface area contributed by atoms with E-state index >= 15 is 0 Å². The molecule has 0 unspecified atom stereocenters. The fourth-order valence-corrected chi connectivity index (χ4v) is 1.01. The second-order valence-electron chi connectivity index (χ2n) is 1.46. The Kier molecular flexibility index (Phi) is 5.77. The van der Waals surface area contributed by atoms with Crippen molar-refractivity contribution in [3.63, 3.8) is 0 Å². The Balaban J connectivity index is 3.19. The van der Waals surface area contributed by atoms with Crippen molar-refractivity contribution in [2.45, 2.75) is 6.04 Å². The fourth-order valence-electron chi connectivity index (χ4n) is 0.288. The number of hydrogen-bond donors (Lipinski definition) is 0. The van der Waals surface area contributed by atoms with Gasteiger partial charge in [0.25, 0.3) is 7.42 Å². The molecule has 0 saturated heterocycles. The van der Waals surface area contributed by atoms with Gasteiger partial charge in [-0.2, -0.15) is 0 Å². The summed E-state index contributed by atoms with van der Waals surface area (Å²) in [6.45, 7) is 3.51.